The highest BCUT2D eigenvalue weighted by Crippen LogP contribution is 2.03. The standard InChI is InChI=1S/C12H19N3/c1-10(2)8-15(3)9-12-6-4-5-11(7-13)14-12/h4-6H,1,7-9,13H2,2-3H3. The number of rotatable bonds is 5. The zero-order valence-corrected chi connectivity index (χ0v) is 9.53. The second-order valence-corrected chi connectivity index (χ2v) is 3.95. The van der Waals surface area contributed by atoms with Crippen LogP contribution < -0.4 is 5.73 Å². The first-order valence-corrected chi connectivity index (χ1v) is 5.09. The topological polar surface area (TPSA) is 42.1 Å². The largest absolute Gasteiger partial charge is 0.325 e. The lowest BCUT2D eigenvalue weighted by Gasteiger charge is -2.16. The Balaban J connectivity index is 2.59. The molecule has 3 heteroatoms. The summed E-state index contributed by atoms with van der Waals surface area (Å²) in [5.74, 6) is 0. The molecule has 1 rings (SSSR count). The molecule has 0 saturated heterocycles. The fourth-order valence-corrected chi connectivity index (χ4v) is 1.52. The molecule has 0 saturated carbocycles. The van der Waals surface area contributed by atoms with E-state index in [2.05, 4.69) is 23.5 Å². The SMILES string of the molecule is C=C(C)CN(C)Cc1cccc(CN)n1. The molecule has 0 unspecified atom stereocenters. The molecule has 0 spiro atoms. The highest BCUT2D eigenvalue weighted by atomic mass is 15.1. The van der Waals surface area contributed by atoms with Crippen molar-refractivity contribution in [1.29, 1.82) is 0 Å². The Hall–Kier alpha value is -1.19. The van der Waals surface area contributed by atoms with Crippen LogP contribution in [0.3, 0.4) is 0 Å². The lowest BCUT2D eigenvalue weighted by atomic mass is 10.2. The van der Waals surface area contributed by atoms with Crippen LogP contribution in [0.4, 0.5) is 0 Å². The third-order valence-corrected chi connectivity index (χ3v) is 2.05. The highest BCUT2D eigenvalue weighted by molar-refractivity contribution is 5.11. The minimum Gasteiger partial charge on any atom is -0.325 e. The molecule has 3 nitrogen and oxygen atoms in total. The van der Waals surface area contributed by atoms with Crippen LogP contribution in [-0.4, -0.2) is 23.5 Å². The summed E-state index contributed by atoms with van der Waals surface area (Å²) < 4.78 is 0. The monoisotopic (exact) mass is 205 g/mol. The van der Waals surface area contributed by atoms with Gasteiger partial charge in [-0.2, -0.15) is 0 Å². The lowest BCUT2D eigenvalue weighted by molar-refractivity contribution is 0.350. The summed E-state index contributed by atoms with van der Waals surface area (Å²) in [6.07, 6.45) is 0. The molecule has 0 radical (unpaired) electrons. The molecule has 0 aliphatic rings. The summed E-state index contributed by atoms with van der Waals surface area (Å²) in [6, 6.07) is 5.97. The summed E-state index contributed by atoms with van der Waals surface area (Å²) >= 11 is 0. The fraction of sp³-hybridized carbons (Fsp3) is 0.417. The Morgan fingerprint density at radius 1 is 1.47 bits per heavy atom. The van der Waals surface area contributed by atoms with Crippen molar-refractivity contribution in [3.63, 3.8) is 0 Å². The number of hydrogen-bond acceptors (Lipinski definition) is 3. The Kier molecular flexibility index (Phi) is 4.46. The van der Waals surface area contributed by atoms with Gasteiger partial charge in [-0.1, -0.05) is 18.2 Å². The maximum atomic E-state index is 5.54. The molecule has 15 heavy (non-hydrogen) atoms. The smallest absolute Gasteiger partial charge is 0.0547 e. The van der Waals surface area contributed by atoms with Gasteiger partial charge in [0.15, 0.2) is 0 Å². The van der Waals surface area contributed by atoms with Crippen molar-refractivity contribution in [2.24, 2.45) is 5.73 Å². The summed E-state index contributed by atoms with van der Waals surface area (Å²) in [5, 5.41) is 0. The molecule has 1 heterocycles. The number of likely N-dealkylation sites (N-methyl/N-ethyl adjacent to an activating group) is 1. The zero-order chi connectivity index (χ0) is 11.3. The van der Waals surface area contributed by atoms with Crippen LogP contribution in [-0.2, 0) is 13.1 Å². The van der Waals surface area contributed by atoms with Gasteiger partial charge in [0.1, 0.15) is 0 Å². The average Bonchev–Trinajstić information content (AvgIpc) is 2.16. The first-order valence-electron chi connectivity index (χ1n) is 5.09. The van der Waals surface area contributed by atoms with Crippen molar-refractivity contribution < 1.29 is 0 Å². The van der Waals surface area contributed by atoms with Crippen LogP contribution >= 0.6 is 0 Å². The summed E-state index contributed by atoms with van der Waals surface area (Å²) in [4.78, 5) is 6.63. The van der Waals surface area contributed by atoms with E-state index in [4.69, 9.17) is 5.73 Å². The van der Waals surface area contributed by atoms with Crippen LogP contribution in [0.5, 0.6) is 0 Å². The summed E-state index contributed by atoms with van der Waals surface area (Å²) in [7, 11) is 2.06. The van der Waals surface area contributed by atoms with E-state index in [0.717, 1.165) is 30.1 Å². The normalized spacial score (nSPS) is 10.7. The molecule has 82 valence electrons. The molecular weight excluding hydrogens is 186 g/mol. The van der Waals surface area contributed by atoms with Crippen LogP contribution in [0.1, 0.15) is 18.3 Å². The van der Waals surface area contributed by atoms with E-state index in [0.29, 0.717) is 6.54 Å². The summed E-state index contributed by atoms with van der Waals surface area (Å²) in [5.41, 5.74) is 8.70. The first kappa shape index (κ1) is 11.9. The maximum absolute atomic E-state index is 5.54. The lowest BCUT2D eigenvalue weighted by Crippen LogP contribution is -2.20. The van der Waals surface area contributed by atoms with Crippen molar-refractivity contribution in [3.8, 4) is 0 Å². The van der Waals surface area contributed by atoms with Gasteiger partial charge in [0.25, 0.3) is 0 Å². The van der Waals surface area contributed by atoms with Gasteiger partial charge >= 0.3 is 0 Å². The minimum atomic E-state index is 0.498. The fourth-order valence-electron chi connectivity index (χ4n) is 1.52. The molecule has 0 aliphatic heterocycles. The first-order chi connectivity index (χ1) is 7.11. The van der Waals surface area contributed by atoms with Crippen LogP contribution in [0.15, 0.2) is 30.4 Å². The summed E-state index contributed by atoms with van der Waals surface area (Å²) in [6.45, 7) is 8.15. The number of hydrogen-bond donors (Lipinski definition) is 1. The zero-order valence-electron chi connectivity index (χ0n) is 9.53. The van der Waals surface area contributed by atoms with Crippen molar-refractivity contribution in [2.75, 3.05) is 13.6 Å². The molecule has 0 amide bonds. The quantitative estimate of drug-likeness (QED) is 0.742. The molecule has 0 aliphatic carbocycles. The Bertz CT molecular complexity index is 333. The van der Waals surface area contributed by atoms with E-state index < -0.39 is 0 Å². The molecular formula is C12H19N3. The highest BCUT2D eigenvalue weighted by Gasteiger charge is 2.02. The van der Waals surface area contributed by atoms with Gasteiger partial charge < -0.3 is 5.73 Å². The van der Waals surface area contributed by atoms with Gasteiger partial charge in [-0.25, -0.2) is 0 Å². The second-order valence-electron chi connectivity index (χ2n) is 3.95. The van der Waals surface area contributed by atoms with Gasteiger partial charge in [-0.3, -0.25) is 9.88 Å². The number of nitrogens with two attached hydrogens (primary N) is 1. The molecule has 1 aromatic rings. The molecule has 0 fully saturated rings. The average molecular weight is 205 g/mol. The van der Waals surface area contributed by atoms with E-state index in [1.54, 1.807) is 0 Å². The third kappa shape index (κ3) is 4.23. The molecule has 2 N–H and O–H groups in total. The van der Waals surface area contributed by atoms with E-state index in [-0.39, 0.29) is 0 Å². The van der Waals surface area contributed by atoms with Gasteiger partial charge in [-0.15, -0.1) is 0 Å². The third-order valence-electron chi connectivity index (χ3n) is 2.05. The van der Waals surface area contributed by atoms with E-state index in [1.807, 2.05) is 25.1 Å². The molecule has 0 bridgehead atoms. The number of nitrogens with zero attached hydrogens (tertiary/aromatic N) is 2. The Morgan fingerprint density at radius 3 is 2.73 bits per heavy atom. The van der Waals surface area contributed by atoms with Crippen LogP contribution in [0.25, 0.3) is 0 Å². The Morgan fingerprint density at radius 2 is 2.13 bits per heavy atom. The maximum Gasteiger partial charge on any atom is 0.0547 e. The Labute approximate surface area is 91.6 Å². The van der Waals surface area contributed by atoms with Gasteiger partial charge in [0.05, 0.1) is 11.4 Å². The molecule has 0 atom stereocenters. The minimum absolute atomic E-state index is 0.498. The van der Waals surface area contributed by atoms with E-state index in [1.165, 1.54) is 0 Å². The van der Waals surface area contributed by atoms with Gasteiger partial charge in [0.2, 0.25) is 0 Å². The van der Waals surface area contributed by atoms with Gasteiger partial charge in [-0.05, 0) is 26.1 Å². The predicted molar refractivity (Wildman–Crippen MR) is 63.3 cm³/mol. The molecule has 1 aromatic heterocycles. The number of aromatic nitrogens is 1. The number of pyridine rings is 1. The van der Waals surface area contributed by atoms with Crippen molar-refractivity contribution in [3.05, 3.63) is 41.7 Å². The second kappa shape index (κ2) is 5.63. The predicted octanol–water partition coefficient (Wildman–Crippen LogP) is 1.55. The van der Waals surface area contributed by atoms with Gasteiger partial charge in [0, 0.05) is 19.6 Å². The van der Waals surface area contributed by atoms with E-state index >= 15 is 0 Å². The van der Waals surface area contributed by atoms with Crippen LogP contribution in [0, 0.1) is 0 Å². The van der Waals surface area contributed by atoms with Crippen LogP contribution in [0.2, 0.25) is 0 Å². The van der Waals surface area contributed by atoms with E-state index in [9.17, 15) is 0 Å². The van der Waals surface area contributed by atoms with Crippen molar-refractivity contribution in [2.45, 2.75) is 20.0 Å². The molecule has 0 aromatic carbocycles. The van der Waals surface area contributed by atoms with Crippen molar-refractivity contribution in [1.82, 2.24) is 9.88 Å². The van der Waals surface area contributed by atoms with Crippen molar-refractivity contribution >= 4 is 0 Å².